The Morgan fingerprint density at radius 2 is 2.03 bits per heavy atom. The van der Waals surface area contributed by atoms with E-state index in [1.54, 1.807) is 24.5 Å². The summed E-state index contributed by atoms with van der Waals surface area (Å²) < 4.78 is 28.4. The molecule has 1 saturated heterocycles. The van der Waals surface area contributed by atoms with Gasteiger partial charge < -0.3 is 5.11 Å². The van der Waals surface area contributed by atoms with Crippen molar-refractivity contribution in [1.82, 2.24) is 14.6 Å². The van der Waals surface area contributed by atoms with E-state index < -0.39 is 16.0 Å². The van der Waals surface area contributed by atoms with E-state index in [9.17, 15) is 13.2 Å². The molecule has 0 bridgehead atoms. The molecular weight excluding hydrogens is 473 g/mol. The number of unbranched alkanes of at least 4 members (excludes halogenated alkanes) is 1. The number of hydrogen-bond acceptors (Lipinski definition) is 5. The molecule has 3 rings (SSSR count). The molecule has 2 N–H and O–H groups in total. The number of allylic oxidation sites excluding steroid dienone is 1. The van der Waals surface area contributed by atoms with Crippen molar-refractivity contribution in [3.63, 3.8) is 0 Å². The van der Waals surface area contributed by atoms with Crippen LogP contribution in [0, 0.1) is 0 Å². The van der Waals surface area contributed by atoms with Gasteiger partial charge in [0.15, 0.2) is 0 Å². The minimum Gasteiger partial charge on any atom is -0.481 e. The van der Waals surface area contributed by atoms with Crippen molar-refractivity contribution in [1.29, 1.82) is 0 Å². The fourth-order valence-electron chi connectivity index (χ4n) is 3.65. The predicted octanol–water partition coefficient (Wildman–Crippen LogP) is 3.89. The van der Waals surface area contributed by atoms with Gasteiger partial charge in [-0.05, 0) is 55.2 Å². The van der Waals surface area contributed by atoms with Gasteiger partial charge in [0.1, 0.15) is 0 Å². The van der Waals surface area contributed by atoms with Gasteiger partial charge in [0.2, 0.25) is 10.0 Å². The standard InChI is InChI=1S/C22H26ClN3O4S.ClH/c23-18-8-10-21(11-9-18)31(29,30)25-19-13-20(6-2-1-3-7-22(27)28)26(16-19)15-17-5-4-12-24-14-17;/h2,4-6,8-12,14,19-20,25H,1,3,7,13,15-16H2,(H,27,28);1H/b6-2-;/t19-,20-;/m0./s1. The summed E-state index contributed by atoms with van der Waals surface area (Å²) >= 11 is 5.87. The second kappa shape index (κ2) is 12.3. The summed E-state index contributed by atoms with van der Waals surface area (Å²) in [6.07, 6.45) is 9.57. The van der Waals surface area contributed by atoms with Crippen molar-refractivity contribution >= 4 is 40.0 Å². The number of sulfonamides is 1. The third kappa shape index (κ3) is 7.86. The lowest BCUT2D eigenvalue weighted by Crippen LogP contribution is -2.37. The average molecular weight is 500 g/mol. The Kier molecular flexibility index (Phi) is 10.1. The van der Waals surface area contributed by atoms with E-state index in [0.29, 0.717) is 37.4 Å². The van der Waals surface area contributed by atoms with Crippen molar-refractivity contribution in [3.8, 4) is 0 Å². The summed E-state index contributed by atoms with van der Waals surface area (Å²) in [5.74, 6) is -0.802. The molecule has 7 nitrogen and oxygen atoms in total. The Hall–Kier alpha value is -1.97. The predicted molar refractivity (Wildman–Crippen MR) is 126 cm³/mol. The number of likely N-dealkylation sites (tertiary alicyclic amines) is 1. The molecule has 2 atom stereocenters. The molecule has 10 heteroatoms. The monoisotopic (exact) mass is 499 g/mol. The quantitative estimate of drug-likeness (QED) is 0.379. The van der Waals surface area contributed by atoms with Gasteiger partial charge in [-0.3, -0.25) is 14.7 Å². The lowest BCUT2D eigenvalue weighted by Gasteiger charge is -2.21. The van der Waals surface area contributed by atoms with E-state index in [2.05, 4.69) is 20.7 Å². The summed E-state index contributed by atoms with van der Waals surface area (Å²) in [4.78, 5) is 17.2. The van der Waals surface area contributed by atoms with Crippen molar-refractivity contribution in [2.24, 2.45) is 0 Å². The molecule has 1 aliphatic rings. The number of aliphatic carboxylic acids is 1. The van der Waals surface area contributed by atoms with Crippen LogP contribution in [0.25, 0.3) is 0 Å². The molecule has 2 aromatic rings. The Bertz CT molecular complexity index is 1000. The average Bonchev–Trinajstić information content (AvgIpc) is 3.08. The van der Waals surface area contributed by atoms with Crippen LogP contribution in [0.5, 0.6) is 0 Å². The Morgan fingerprint density at radius 3 is 2.69 bits per heavy atom. The zero-order valence-electron chi connectivity index (χ0n) is 17.4. The smallest absolute Gasteiger partial charge is 0.303 e. The van der Waals surface area contributed by atoms with Gasteiger partial charge in [-0.2, -0.15) is 0 Å². The molecule has 0 saturated carbocycles. The van der Waals surface area contributed by atoms with E-state index in [1.165, 1.54) is 12.1 Å². The van der Waals surface area contributed by atoms with Gasteiger partial charge >= 0.3 is 5.97 Å². The molecule has 0 unspecified atom stereocenters. The van der Waals surface area contributed by atoms with Crippen LogP contribution in [0.2, 0.25) is 5.02 Å². The lowest BCUT2D eigenvalue weighted by molar-refractivity contribution is -0.137. The number of carbonyl (C=O) groups is 1. The summed E-state index contributed by atoms with van der Waals surface area (Å²) in [7, 11) is -3.66. The molecule has 32 heavy (non-hydrogen) atoms. The minimum atomic E-state index is -3.66. The second-order valence-corrected chi connectivity index (χ2v) is 9.73. The van der Waals surface area contributed by atoms with Crippen molar-refractivity contribution < 1.29 is 18.3 Å². The summed E-state index contributed by atoms with van der Waals surface area (Å²) in [6.45, 7) is 1.21. The Labute approximate surface area is 200 Å². The number of pyridine rings is 1. The molecule has 0 aliphatic carbocycles. The first-order valence-electron chi connectivity index (χ1n) is 10.1. The topological polar surface area (TPSA) is 99.6 Å². The number of halogens is 2. The van der Waals surface area contributed by atoms with Crippen LogP contribution in [0.15, 0.2) is 65.8 Å². The molecule has 0 amide bonds. The number of nitrogens with zero attached hydrogens (tertiary/aromatic N) is 2. The van der Waals surface area contributed by atoms with Gasteiger partial charge in [0.05, 0.1) is 4.90 Å². The van der Waals surface area contributed by atoms with E-state index in [0.717, 1.165) is 5.56 Å². The van der Waals surface area contributed by atoms with Gasteiger partial charge in [-0.25, -0.2) is 13.1 Å². The van der Waals surface area contributed by atoms with E-state index in [-0.39, 0.29) is 35.8 Å². The normalized spacial score (nSPS) is 19.2. The van der Waals surface area contributed by atoms with Crippen LogP contribution in [0.1, 0.15) is 31.2 Å². The SMILES string of the molecule is Cl.O=C(O)CCC/C=C\[C@H]1C[C@H](NS(=O)(=O)c2ccc(Cl)cc2)CN1Cc1cccnc1. The maximum Gasteiger partial charge on any atom is 0.303 e. The first-order chi connectivity index (χ1) is 14.8. The third-order valence-electron chi connectivity index (χ3n) is 5.12. The number of hydrogen-bond donors (Lipinski definition) is 2. The number of benzene rings is 1. The van der Waals surface area contributed by atoms with Crippen LogP contribution in [0.4, 0.5) is 0 Å². The van der Waals surface area contributed by atoms with Crippen LogP contribution in [-0.4, -0.2) is 48.0 Å². The number of aromatic nitrogens is 1. The molecule has 0 radical (unpaired) electrons. The summed E-state index contributed by atoms with van der Waals surface area (Å²) in [6, 6.07) is 9.77. The summed E-state index contributed by atoms with van der Waals surface area (Å²) in [5, 5.41) is 9.25. The number of rotatable bonds is 10. The minimum absolute atomic E-state index is 0. The van der Waals surface area contributed by atoms with Gasteiger partial charge in [0.25, 0.3) is 0 Å². The number of carboxylic acids is 1. The highest BCUT2D eigenvalue weighted by molar-refractivity contribution is 7.89. The molecule has 2 heterocycles. The number of carboxylic acid groups (broad SMARTS) is 1. The molecule has 1 aliphatic heterocycles. The van der Waals surface area contributed by atoms with Crippen LogP contribution >= 0.6 is 24.0 Å². The Balaban J connectivity index is 0.00000363. The van der Waals surface area contributed by atoms with E-state index in [1.807, 2.05) is 18.2 Å². The molecular formula is C22H27Cl2N3O4S. The third-order valence-corrected chi connectivity index (χ3v) is 6.91. The Morgan fingerprint density at radius 1 is 1.28 bits per heavy atom. The maximum atomic E-state index is 12.8. The lowest BCUT2D eigenvalue weighted by atomic mass is 10.1. The fraction of sp³-hybridized carbons (Fsp3) is 0.364. The molecule has 174 valence electrons. The largest absolute Gasteiger partial charge is 0.481 e. The molecule has 1 fully saturated rings. The fourth-order valence-corrected chi connectivity index (χ4v) is 5.02. The van der Waals surface area contributed by atoms with Crippen molar-refractivity contribution in [3.05, 3.63) is 71.5 Å². The highest BCUT2D eigenvalue weighted by Gasteiger charge is 2.33. The second-order valence-electron chi connectivity index (χ2n) is 7.58. The maximum absolute atomic E-state index is 12.8. The zero-order chi connectivity index (χ0) is 22.3. The molecule has 0 spiro atoms. The highest BCUT2D eigenvalue weighted by atomic mass is 35.5. The highest BCUT2D eigenvalue weighted by Crippen LogP contribution is 2.24. The van der Waals surface area contributed by atoms with Crippen molar-refractivity contribution in [2.75, 3.05) is 6.54 Å². The molecule has 1 aromatic carbocycles. The van der Waals surface area contributed by atoms with Gasteiger partial charge in [0, 0.05) is 49.0 Å². The van der Waals surface area contributed by atoms with Gasteiger partial charge in [-0.15, -0.1) is 12.4 Å². The van der Waals surface area contributed by atoms with E-state index >= 15 is 0 Å². The van der Waals surface area contributed by atoms with Gasteiger partial charge in [-0.1, -0.05) is 29.8 Å². The molecule has 1 aromatic heterocycles. The number of nitrogens with one attached hydrogen (secondary N) is 1. The zero-order valence-corrected chi connectivity index (χ0v) is 19.8. The summed E-state index contributed by atoms with van der Waals surface area (Å²) in [5.41, 5.74) is 1.05. The van der Waals surface area contributed by atoms with Crippen LogP contribution in [0.3, 0.4) is 0 Å². The van der Waals surface area contributed by atoms with Crippen molar-refractivity contribution in [2.45, 2.75) is 49.2 Å². The van der Waals surface area contributed by atoms with E-state index in [4.69, 9.17) is 16.7 Å². The first kappa shape index (κ1) is 26.3. The van der Waals surface area contributed by atoms with Crippen LogP contribution in [-0.2, 0) is 21.4 Å². The first-order valence-corrected chi connectivity index (χ1v) is 12.0. The van der Waals surface area contributed by atoms with Crippen LogP contribution < -0.4 is 4.72 Å².